The Bertz CT molecular complexity index is 342. The molecule has 3 nitrogen and oxygen atoms in total. The number of carboxylic acids is 1. The highest BCUT2D eigenvalue weighted by Gasteiger charge is 2.24. The fraction of sp³-hybridized carbons (Fsp3) is 0.615. The van der Waals surface area contributed by atoms with Crippen molar-refractivity contribution in [2.24, 2.45) is 0 Å². The molecule has 0 amide bonds. The lowest BCUT2D eigenvalue weighted by Gasteiger charge is -2.23. The first-order valence-corrected chi connectivity index (χ1v) is 7.14. The van der Waals surface area contributed by atoms with Crippen molar-refractivity contribution < 1.29 is 9.90 Å². The van der Waals surface area contributed by atoms with Crippen LogP contribution in [-0.2, 0) is 4.79 Å². The fourth-order valence-corrected chi connectivity index (χ4v) is 3.17. The molecule has 1 aromatic rings. The third kappa shape index (κ3) is 3.54. The second kappa shape index (κ2) is 6.17. The number of carbonyl (C=O) groups is 1. The Morgan fingerprint density at radius 1 is 1.35 bits per heavy atom. The average Bonchev–Trinajstić information content (AvgIpc) is 2.70. The van der Waals surface area contributed by atoms with Crippen LogP contribution in [0.4, 0.5) is 0 Å². The maximum absolute atomic E-state index is 11.3. The van der Waals surface area contributed by atoms with Crippen LogP contribution in [-0.4, -0.2) is 35.6 Å². The molecule has 17 heavy (non-hydrogen) atoms. The normalized spacial score (nSPS) is 19.8. The zero-order valence-corrected chi connectivity index (χ0v) is 10.8. The summed E-state index contributed by atoms with van der Waals surface area (Å²) in [6.07, 6.45) is 4.98. The molecule has 1 N–H and O–H groups in total. The van der Waals surface area contributed by atoms with E-state index in [2.05, 4.69) is 4.90 Å². The minimum Gasteiger partial charge on any atom is -0.481 e. The highest BCUT2D eigenvalue weighted by molar-refractivity contribution is 7.10. The van der Waals surface area contributed by atoms with Crippen molar-refractivity contribution in [2.45, 2.75) is 31.6 Å². The van der Waals surface area contributed by atoms with E-state index in [0.717, 1.165) is 18.0 Å². The smallest absolute Gasteiger partial charge is 0.313 e. The first kappa shape index (κ1) is 12.6. The van der Waals surface area contributed by atoms with Gasteiger partial charge in [-0.1, -0.05) is 18.9 Å². The van der Waals surface area contributed by atoms with Gasteiger partial charge >= 0.3 is 5.97 Å². The summed E-state index contributed by atoms with van der Waals surface area (Å²) in [6.45, 7) is 2.76. The van der Waals surface area contributed by atoms with E-state index < -0.39 is 5.97 Å². The summed E-state index contributed by atoms with van der Waals surface area (Å²) >= 11 is 1.55. The summed E-state index contributed by atoms with van der Waals surface area (Å²) in [4.78, 5) is 14.6. The lowest BCUT2D eigenvalue weighted by atomic mass is 10.1. The molecular formula is C13H19NO2S. The first-order valence-electron chi connectivity index (χ1n) is 6.26. The predicted octanol–water partition coefficient (Wildman–Crippen LogP) is 2.79. The van der Waals surface area contributed by atoms with Gasteiger partial charge in [0.05, 0.1) is 0 Å². The number of likely N-dealkylation sites (tertiary alicyclic amines) is 1. The Balaban J connectivity index is 2.00. The van der Waals surface area contributed by atoms with Crippen LogP contribution in [0.15, 0.2) is 17.5 Å². The largest absolute Gasteiger partial charge is 0.481 e. The summed E-state index contributed by atoms with van der Waals surface area (Å²) in [5.74, 6) is -1.05. The quantitative estimate of drug-likeness (QED) is 0.897. The van der Waals surface area contributed by atoms with Gasteiger partial charge in [-0.15, -0.1) is 11.3 Å². The van der Waals surface area contributed by atoms with E-state index in [1.54, 1.807) is 11.3 Å². The molecule has 0 bridgehead atoms. The monoisotopic (exact) mass is 253 g/mol. The predicted molar refractivity (Wildman–Crippen MR) is 69.6 cm³/mol. The van der Waals surface area contributed by atoms with E-state index in [1.165, 1.54) is 25.7 Å². The maximum Gasteiger partial charge on any atom is 0.313 e. The zero-order valence-electron chi connectivity index (χ0n) is 9.97. The van der Waals surface area contributed by atoms with Crippen LogP contribution in [0.2, 0.25) is 0 Å². The summed E-state index contributed by atoms with van der Waals surface area (Å²) in [5, 5.41) is 11.3. The molecule has 1 aliphatic heterocycles. The number of hydrogen-bond donors (Lipinski definition) is 1. The lowest BCUT2D eigenvalue weighted by Crippen LogP contribution is -2.32. The molecule has 0 spiro atoms. The number of aliphatic carboxylic acids is 1. The molecule has 94 valence electrons. The second-order valence-corrected chi connectivity index (χ2v) is 5.60. The van der Waals surface area contributed by atoms with Crippen LogP contribution >= 0.6 is 11.3 Å². The molecule has 1 saturated heterocycles. The third-order valence-electron chi connectivity index (χ3n) is 3.32. The summed E-state index contributed by atoms with van der Waals surface area (Å²) in [6, 6.07) is 3.86. The number of carboxylic acid groups (broad SMARTS) is 1. The van der Waals surface area contributed by atoms with E-state index >= 15 is 0 Å². The number of thiophene rings is 1. The van der Waals surface area contributed by atoms with Crippen molar-refractivity contribution in [1.82, 2.24) is 4.90 Å². The minimum atomic E-state index is -0.698. The maximum atomic E-state index is 11.3. The van der Waals surface area contributed by atoms with E-state index in [4.69, 9.17) is 0 Å². The summed E-state index contributed by atoms with van der Waals surface area (Å²) in [5.41, 5.74) is 0. The van der Waals surface area contributed by atoms with E-state index in [0.29, 0.717) is 6.54 Å². The Morgan fingerprint density at radius 2 is 2.06 bits per heavy atom. The van der Waals surface area contributed by atoms with Crippen molar-refractivity contribution in [3.05, 3.63) is 22.4 Å². The van der Waals surface area contributed by atoms with Crippen LogP contribution in [0, 0.1) is 0 Å². The molecule has 0 radical (unpaired) electrons. The second-order valence-electron chi connectivity index (χ2n) is 4.62. The van der Waals surface area contributed by atoms with Crippen LogP contribution < -0.4 is 0 Å². The highest BCUT2D eigenvalue weighted by atomic mass is 32.1. The molecule has 1 aliphatic rings. The van der Waals surface area contributed by atoms with Crippen molar-refractivity contribution in [1.29, 1.82) is 0 Å². The minimum absolute atomic E-state index is 0.354. The van der Waals surface area contributed by atoms with E-state index in [-0.39, 0.29) is 5.92 Å². The molecular weight excluding hydrogens is 234 g/mol. The van der Waals surface area contributed by atoms with Gasteiger partial charge in [-0.3, -0.25) is 4.79 Å². The SMILES string of the molecule is O=C(O)C(CN1CCCCCC1)c1cccs1. The standard InChI is InChI=1S/C13H19NO2S/c15-13(16)11(12-6-5-9-17-12)10-14-7-3-1-2-4-8-14/h5-6,9,11H,1-4,7-8,10H2,(H,15,16). The van der Waals surface area contributed by atoms with Crippen LogP contribution in [0.1, 0.15) is 36.5 Å². The molecule has 0 aliphatic carbocycles. The Hall–Kier alpha value is -0.870. The van der Waals surface area contributed by atoms with Crippen molar-refractivity contribution in [3.8, 4) is 0 Å². The molecule has 0 saturated carbocycles. The van der Waals surface area contributed by atoms with Gasteiger partial charge in [-0.2, -0.15) is 0 Å². The third-order valence-corrected chi connectivity index (χ3v) is 4.31. The van der Waals surface area contributed by atoms with Crippen LogP contribution in [0.25, 0.3) is 0 Å². The van der Waals surface area contributed by atoms with Crippen molar-refractivity contribution in [3.63, 3.8) is 0 Å². The molecule has 0 aromatic carbocycles. The topological polar surface area (TPSA) is 40.5 Å². The Kier molecular flexibility index (Phi) is 4.57. The molecule has 2 heterocycles. The van der Waals surface area contributed by atoms with Crippen LogP contribution in [0.3, 0.4) is 0 Å². The van der Waals surface area contributed by atoms with Gasteiger partial charge in [0, 0.05) is 11.4 Å². The van der Waals surface area contributed by atoms with E-state index in [9.17, 15) is 9.90 Å². The Labute approximate surface area is 106 Å². The number of rotatable bonds is 4. The summed E-state index contributed by atoms with van der Waals surface area (Å²) in [7, 11) is 0. The van der Waals surface area contributed by atoms with E-state index in [1.807, 2.05) is 17.5 Å². The van der Waals surface area contributed by atoms with Crippen molar-refractivity contribution >= 4 is 17.3 Å². The molecule has 2 rings (SSSR count). The van der Waals surface area contributed by atoms with Crippen molar-refractivity contribution in [2.75, 3.05) is 19.6 Å². The molecule has 1 atom stereocenters. The molecule has 4 heteroatoms. The molecule has 1 fully saturated rings. The first-order chi connectivity index (χ1) is 8.27. The van der Waals surface area contributed by atoms with Gasteiger partial charge in [0.2, 0.25) is 0 Å². The van der Waals surface area contributed by atoms with Gasteiger partial charge in [0.15, 0.2) is 0 Å². The number of nitrogens with zero attached hydrogens (tertiary/aromatic N) is 1. The lowest BCUT2D eigenvalue weighted by molar-refractivity contribution is -0.139. The number of hydrogen-bond acceptors (Lipinski definition) is 3. The van der Waals surface area contributed by atoms with Gasteiger partial charge in [-0.25, -0.2) is 0 Å². The molecule has 1 aromatic heterocycles. The Morgan fingerprint density at radius 3 is 2.59 bits per heavy atom. The highest BCUT2D eigenvalue weighted by Crippen LogP contribution is 2.23. The van der Waals surface area contributed by atoms with Gasteiger partial charge in [0.1, 0.15) is 5.92 Å². The molecule has 1 unspecified atom stereocenters. The fourth-order valence-electron chi connectivity index (χ4n) is 2.36. The average molecular weight is 253 g/mol. The van der Waals surface area contributed by atoms with Crippen LogP contribution in [0.5, 0.6) is 0 Å². The zero-order chi connectivity index (χ0) is 12.1. The van der Waals surface area contributed by atoms with Gasteiger partial charge in [0.25, 0.3) is 0 Å². The summed E-state index contributed by atoms with van der Waals surface area (Å²) < 4.78 is 0. The van der Waals surface area contributed by atoms with Gasteiger partial charge < -0.3 is 10.0 Å². The van der Waals surface area contributed by atoms with Gasteiger partial charge in [-0.05, 0) is 37.4 Å².